The van der Waals surface area contributed by atoms with Crippen molar-refractivity contribution >= 4 is 17.3 Å². The average Bonchev–Trinajstić information content (AvgIpc) is 2.42. The van der Waals surface area contributed by atoms with Crippen LogP contribution in [0.15, 0.2) is 18.2 Å². The lowest BCUT2D eigenvalue weighted by Gasteiger charge is -2.19. The molecule has 0 saturated carbocycles. The molecule has 1 rings (SSSR count). The number of nitro groups is 1. The number of rotatable bonds is 8. The highest BCUT2D eigenvalue weighted by atomic mass is 16.6. The van der Waals surface area contributed by atoms with Gasteiger partial charge in [-0.3, -0.25) is 10.1 Å². The summed E-state index contributed by atoms with van der Waals surface area (Å²) in [6.07, 6.45) is 2.46. The standard InChI is InChI=1S/C13H18N2O5/c1-14(7-3-2-4-8-16)10-5-6-12(15(19)20)11(9-10)13(17)18/h5-6,9,16H,2-4,7-8H2,1H3,(H,17,18). The lowest BCUT2D eigenvalue weighted by Crippen LogP contribution is -2.19. The quantitative estimate of drug-likeness (QED) is 0.428. The van der Waals surface area contributed by atoms with Gasteiger partial charge in [0.15, 0.2) is 0 Å². The second-order valence-electron chi connectivity index (χ2n) is 4.47. The van der Waals surface area contributed by atoms with Crippen LogP contribution in [0.4, 0.5) is 11.4 Å². The van der Waals surface area contributed by atoms with E-state index in [0.717, 1.165) is 19.3 Å². The first-order chi connectivity index (χ1) is 9.47. The average molecular weight is 282 g/mol. The minimum Gasteiger partial charge on any atom is -0.477 e. The Balaban J connectivity index is 2.83. The number of unbranched alkanes of at least 4 members (excludes halogenated alkanes) is 2. The van der Waals surface area contributed by atoms with Gasteiger partial charge in [-0.05, 0) is 31.4 Å². The van der Waals surface area contributed by atoms with Crippen molar-refractivity contribution in [2.24, 2.45) is 0 Å². The summed E-state index contributed by atoms with van der Waals surface area (Å²) in [7, 11) is 1.80. The Hall–Kier alpha value is -2.15. The number of aromatic carboxylic acids is 1. The zero-order chi connectivity index (χ0) is 15.1. The SMILES string of the molecule is CN(CCCCCO)c1ccc([N+](=O)[O-])c(C(=O)O)c1. The Labute approximate surface area is 116 Å². The lowest BCUT2D eigenvalue weighted by atomic mass is 10.1. The number of hydrogen-bond acceptors (Lipinski definition) is 5. The molecule has 7 heteroatoms. The molecule has 0 atom stereocenters. The zero-order valence-electron chi connectivity index (χ0n) is 11.3. The molecule has 0 heterocycles. The minimum absolute atomic E-state index is 0.157. The van der Waals surface area contributed by atoms with Crippen LogP contribution >= 0.6 is 0 Å². The maximum Gasteiger partial charge on any atom is 0.342 e. The van der Waals surface area contributed by atoms with Gasteiger partial charge in [-0.2, -0.15) is 0 Å². The summed E-state index contributed by atoms with van der Waals surface area (Å²) in [6, 6.07) is 4.06. The maximum absolute atomic E-state index is 11.0. The molecule has 0 fully saturated rings. The summed E-state index contributed by atoms with van der Waals surface area (Å²) < 4.78 is 0. The van der Waals surface area contributed by atoms with Crippen molar-refractivity contribution < 1.29 is 19.9 Å². The van der Waals surface area contributed by atoms with Crippen LogP contribution in [-0.4, -0.2) is 41.3 Å². The number of benzene rings is 1. The fourth-order valence-corrected chi connectivity index (χ4v) is 1.86. The van der Waals surface area contributed by atoms with Crippen molar-refractivity contribution in [2.75, 3.05) is 25.1 Å². The van der Waals surface area contributed by atoms with Crippen molar-refractivity contribution in [3.05, 3.63) is 33.9 Å². The highest BCUT2D eigenvalue weighted by molar-refractivity contribution is 5.93. The Morgan fingerprint density at radius 2 is 2.05 bits per heavy atom. The monoisotopic (exact) mass is 282 g/mol. The van der Waals surface area contributed by atoms with Gasteiger partial charge < -0.3 is 15.1 Å². The zero-order valence-corrected chi connectivity index (χ0v) is 11.3. The Morgan fingerprint density at radius 3 is 2.60 bits per heavy atom. The first-order valence-corrected chi connectivity index (χ1v) is 6.31. The van der Waals surface area contributed by atoms with Crippen LogP contribution in [0, 0.1) is 10.1 Å². The van der Waals surface area contributed by atoms with Gasteiger partial charge in [0.25, 0.3) is 5.69 Å². The summed E-state index contributed by atoms with van der Waals surface area (Å²) >= 11 is 0. The van der Waals surface area contributed by atoms with Crippen LogP contribution in [0.2, 0.25) is 0 Å². The molecule has 20 heavy (non-hydrogen) atoms. The molecule has 0 aromatic heterocycles. The third-order valence-corrected chi connectivity index (χ3v) is 3.00. The van der Waals surface area contributed by atoms with Crippen LogP contribution < -0.4 is 4.90 Å². The van der Waals surface area contributed by atoms with E-state index in [1.807, 2.05) is 4.90 Å². The smallest absolute Gasteiger partial charge is 0.342 e. The molecule has 0 aliphatic rings. The van der Waals surface area contributed by atoms with E-state index in [9.17, 15) is 14.9 Å². The first kappa shape index (κ1) is 15.9. The molecule has 7 nitrogen and oxygen atoms in total. The minimum atomic E-state index is -1.31. The van der Waals surface area contributed by atoms with Gasteiger partial charge in [-0.25, -0.2) is 4.79 Å². The fourth-order valence-electron chi connectivity index (χ4n) is 1.86. The van der Waals surface area contributed by atoms with E-state index in [1.54, 1.807) is 7.05 Å². The summed E-state index contributed by atoms with van der Waals surface area (Å²) in [5.74, 6) is -1.31. The summed E-state index contributed by atoms with van der Waals surface area (Å²) in [4.78, 5) is 22.9. The van der Waals surface area contributed by atoms with Gasteiger partial charge in [0.1, 0.15) is 5.56 Å². The van der Waals surface area contributed by atoms with Crippen molar-refractivity contribution in [3.63, 3.8) is 0 Å². The lowest BCUT2D eigenvalue weighted by molar-refractivity contribution is -0.385. The van der Waals surface area contributed by atoms with Gasteiger partial charge >= 0.3 is 5.97 Å². The molecular weight excluding hydrogens is 264 g/mol. The van der Waals surface area contributed by atoms with E-state index in [0.29, 0.717) is 12.2 Å². The van der Waals surface area contributed by atoms with Gasteiger partial charge in [0.05, 0.1) is 4.92 Å². The molecule has 0 aliphatic carbocycles. The number of hydrogen-bond donors (Lipinski definition) is 2. The number of nitrogens with zero attached hydrogens (tertiary/aromatic N) is 2. The molecule has 0 amide bonds. The van der Waals surface area contributed by atoms with Gasteiger partial charge in [-0.15, -0.1) is 0 Å². The number of aliphatic hydroxyl groups is 1. The molecular formula is C13H18N2O5. The number of anilines is 1. The van der Waals surface area contributed by atoms with E-state index in [4.69, 9.17) is 10.2 Å². The summed E-state index contributed by atoms with van der Waals surface area (Å²) in [5.41, 5.74) is -0.0957. The Morgan fingerprint density at radius 1 is 1.35 bits per heavy atom. The Kier molecular flexibility index (Phi) is 5.92. The number of carboxylic acid groups (broad SMARTS) is 1. The van der Waals surface area contributed by atoms with Crippen molar-refractivity contribution in [2.45, 2.75) is 19.3 Å². The summed E-state index contributed by atoms with van der Waals surface area (Å²) in [5, 5.41) is 28.5. The van der Waals surface area contributed by atoms with Crippen molar-refractivity contribution in [1.82, 2.24) is 0 Å². The number of nitro benzene ring substituents is 1. The molecule has 0 aliphatic heterocycles. The van der Waals surface area contributed by atoms with Crippen LogP contribution in [-0.2, 0) is 0 Å². The van der Waals surface area contributed by atoms with E-state index < -0.39 is 16.6 Å². The molecule has 0 radical (unpaired) electrons. The van der Waals surface area contributed by atoms with Crippen molar-refractivity contribution in [1.29, 1.82) is 0 Å². The predicted molar refractivity (Wildman–Crippen MR) is 74.3 cm³/mol. The third kappa shape index (κ3) is 4.20. The summed E-state index contributed by atoms with van der Waals surface area (Å²) in [6.45, 7) is 0.848. The second kappa shape index (κ2) is 7.44. The van der Waals surface area contributed by atoms with E-state index in [1.165, 1.54) is 18.2 Å². The normalized spacial score (nSPS) is 10.3. The molecule has 0 unspecified atom stereocenters. The highest BCUT2D eigenvalue weighted by Crippen LogP contribution is 2.24. The van der Waals surface area contributed by atoms with Crippen LogP contribution in [0.5, 0.6) is 0 Å². The number of carboxylic acids is 1. The number of carbonyl (C=O) groups is 1. The maximum atomic E-state index is 11.0. The van der Waals surface area contributed by atoms with E-state index in [2.05, 4.69) is 0 Å². The van der Waals surface area contributed by atoms with Crippen LogP contribution in [0.25, 0.3) is 0 Å². The van der Waals surface area contributed by atoms with E-state index >= 15 is 0 Å². The third-order valence-electron chi connectivity index (χ3n) is 3.00. The highest BCUT2D eigenvalue weighted by Gasteiger charge is 2.20. The largest absolute Gasteiger partial charge is 0.477 e. The topological polar surface area (TPSA) is 104 Å². The van der Waals surface area contributed by atoms with E-state index in [-0.39, 0.29) is 12.2 Å². The first-order valence-electron chi connectivity index (χ1n) is 6.31. The molecule has 110 valence electrons. The second-order valence-corrected chi connectivity index (χ2v) is 4.47. The van der Waals surface area contributed by atoms with Gasteiger partial charge in [0.2, 0.25) is 0 Å². The molecule has 2 N–H and O–H groups in total. The fraction of sp³-hybridized carbons (Fsp3) is 0.462. The van der Waals surface area contributed by atoms with Gasteiger partial charge in [0, 0.05) is 32.0 Å². The number of aliphatic hydroxyl groups excluding tert-OH is 1. The van der Waals surface area contributed by atoms with Crippen LogP contribution in [0.3, 0.4) is 0 Å². The molecule has 0 spiro atoms. The molecule has 1 aromatic rings. The van der Waals surface area contributed by atoms with Crippen LogP contribution in [0.1, 0.15) is 29.6 Å². The van der Waals surface area contributed by atoms with Gasteiger partial charge in [-0.1, -0.05) is 0 Å². The molecule has 0 saturated heterocycles. The molecule has 0 bridgehead atoms. The molecule has 1 aromatic carbocycles. The predicted octanol–water partition coefficient (Wildman–Crippen LogP) is 1.89. The Bertz CT molecular complexity index is 490. The van der Waals surface area contributed by atoms with Crippen molar-refractivity contribution in [3.8, 4) is 0 Å².